The Labute approximate surface area is 156 Å². The minimum atomic E-state index is -3.65. The van der Waals surface area contributed by atoms with Crippen LogP contribution in [0.1, 0.15) is 17.0 Å². The zero-order chi connectivity index (χ0) is 18.2. The Morgan fingerprint density at radius 1 is 1.16 bits per heavy atom. The number of hydrogen-bond acceptors (Lipinski definition) is 4. The number of ether oxygens (including phenoxy) is 1. The molecule has 0 N–H and O–H groups in total. The molecule has 1 fully saturated rings. The molecule has 1 saturated carbocycles. The van der Waals surface area contributed by atoms with Crippen molar-refractivity contribution in [3.63, 3.8) is 0 Å². The molecule has 0 radical (unpaired) electrons. The Morgan fingerprint density at radius 3 is 2.28 bits per heavy atom. The van der Waals surface area contributed by atoms with E-state index in [2.05, 4.69) is 22.0 Å². The highest BCUT2D eigenvalue weighted by molar-refractivity contribution is 9.10. The number of aryl methyl sites for hydroxylation is 1. The van der Waals surface area contributed by atoms with Crippen molar-refractivity contribution in [1.82, 2.24) is 0 Å². The average Bonchev–Trinajstić information content (AvgIpc) is 3.26. The molecule has 0 aliphatic heterocycles. The first kappa shape index (κ1) is 18.1. The van der Waals surface area contributed by atoms with E-state index in [1.54, 1.807) is 24.3 Å². The molecule has 0 saturated heterocycles. The van der Waals surface area contributed by atoms with Gasteiger partial charge in [0.05, 0.1) is 22.8 Å². The first-order chi connectivity index (χ1) is 11.9. The van der Waals surface area contributed by atoms with Gasteiger partial charge in [-0.1, -0.05) is 45.8 Å². The van der Waals surface area contributed by atoms with Gasteiger partial charge in [0.2, 0.25) is 0 Å². The van der Waals surface area contributed by atoms with Gasteiger partial charge in [-0.15, -0.1) is 0 Å². The zero-order valence-corrected chi connectivity index (χ0v) is 16.3. The predicted octanol–water partition coefficient (Wildman–Crippen LogP) is 3.85. The van der Waals surface area contributed by atoms with Gasteiger partial charge in [0.1, 0.15) is 5.41 Å². The van der Waals surface area contributed by atoms with Crippen molar-refractivity contribution in [1.29, 1.82) is 5.26 Å². The van der Waals surface area contributed by atoms with Crippen LogP contribution in [0.25, 0.3) is 0 Å². The minimum absolute atomic E-state index is 0.0833. The molecule has 0 heterocycles. The third-order valence-electron chi connectivity index (χ3n) is 4.76. The monoisotopic (exact) mass is 419 g/mol. The fourth-order valence-corrected chi connectivity index (χ4v) is 6.03. The van der Waals surface area contributed by atoms with Crippen molar-refractivity contribution in [2.75, 3.05) is 13.7 Å². The maximum Gasteiger partial charge on any atom is 0.183 e. The maximum atomic E-state index is 13.2. The van der Waals surface area contributed by atoms with Gasteiger partial charge < -0.3 is 4.74 Å². The number of sulfone groups is 1. The molecule has 4 nitrogen and oxygen atoms in total. The molecule has 2 aromatic rings. The lowest BCUT2D eigenvalue weighted by atomic mass is 10.0. The van der Waals surface area contributed by atoms with Gasteiger partial charge in [-0.3, -0.25) is 0 Å². The number of methoxy groups -OCH3 is 1. The van der Waals surface area contributed by atoms with Gasteiger partial charge in [-0.05, 0) is 36.8 Å². The van der Waals surface area contributed by atoms with Crippen LogP contribution in [0.4, 0.5) is 0 Å². The summed E-state index contributed by atoms with van der Waals surface area (Å²) in [7, 11) is -2.15. The third-order valence-corrected chi connectivity index (χ3v) is 7.58. The van der Waals surface area contributed by atoms with E-state index in [1.165, 1.54) is 7.11 Å². The van der Waals surface area contributed by atoms with Gasteiger partial charge in [0.15, 0.2) is 9.84 Å². The first-order valence-electron chi connectivity index (χ1n) is 7.83. The van der Waals surface area contributed by atoms with Crippen molar-refractivity contribution >= 4 is 25.8 Å². The molecule has 3 rings (SSSR count). The molecule has 2 aromatic carbocycles. The van der Waals surface area contributed by atoms with Gasteiger partial charge in [0, 0.05) is 17.5 Å². The van der Waals surface area contributed by atoms with E-state index in [0.717, 1.165) is 15.6 Å². The lowest BCUT2D eigenvalue weighted by Gasteiger charge is -2.08. The maximum absolute atomic E-state index is 13.2. The summed E-state index contributed by atoms with van der Waals surface area (Å²) in [5.74, 6) is -0.406. The second-order valence-corrected chi connectivity index (χ2v) is 9.38. The van der Waals surface area contributed by atoms with E-state index in [0.29, 0.717) is 0 Å². The van der Waals surface area contributed by atoms with E-state index in [1.807, 2.05) is 31.2 Å². The number of hydrogen-bond donors (Lipinski definition) is 0. The molecule has 0 bridgehead atoms. The second kappa shape index (κ2) is 6.56. The van der Waals surface area contributed by atoms with Gasteiger partial charge in [0.25, 0.3) is 0 Å². The molecule has 130 valence electrons. The largest absolute Gasteiger partial charge is 0.383 e. The molecule has 1 aliphatic rings. The van der Waals surface area contributed by atoms with Crippen molar-refractivity contribution in [2.24, 2.45) is 5.41 Å². The Balaban J connectivity index is 2.07. The molecule has 6 heteroatoms. The van der Waals surface area contributed by atoms with E-state index in [9.17, 15) is 13.7 Å². The second-order valence-electron chi connectivity index (χ2n) is 6.39. The molecule has 3 atom stereocenters. The quantitative estimate of drug-likeness (QED) is 0.737. The Bertz CT molecular complexity index is 917. The summed E-state index contributed by atoms with van der Waals surface area (Å²) in [6.45, 7) is 1.99. The Kier molecular flexibility index (Phi) is 4.76. The zero-order valence-electron chi connectivity index (χ0n) is 13.9. The Morgan fingerprint density at radius 2 is 1.76 bits per heavy atom. The number of nitrogens with zero attached hydrogens (tertiary/aromatic N) is 1. The lowest BCUT2D eigenvalue weighted by Crippen LogP contribution is -2.19. The third kappa shape index (κ3) is 3.01. The van der Waals surface area contributed by atoms with E-state index in [4.69, 9.17) is 4.74 Å². The van der Waals surface area contributed by atoms with Crippen molar-refractivity contribution < 1.29 is 13.2 Å². The molecular formula is C19H18BrNO3S. The van der Waals surface area contributed by atoms with Crippen LogP contribution in [0, 0.1) is 23.7 Å². The highest BCUT2D eigenvalue weighted by Gasteiger charge is 2.72. The van der Waals surface area contributed by atoms with Crippen LogP contribution in [0.15, 0.2) is 57.9 Å². The minimum Gasteiger partial charge on any atom is -0.383 e. The molecular weight excluding hydrogens is 402 g/mol. The summed E-state index contributed by atoms with van der Waals surface area (Å²) >= 11 is 3.38. The SMILES string of the molecule is COC[C@]1(C#N)[C@H](c2ccc(Br)cc2)[C@@H]1S(=O)(=O)c1ccc(C)cc1. The van der Waals surface area contributed by atoms with Gasteiger partial charge >= 0.3 is 0 Å². The van der Waals surface area contributed by atoms with Crippen LogP contribution >= 0.6 is 15.9 Å². The van der Waals surface area contributed by atoms with Gasteiger partial charge in [-0.25, -0.2) is 8.42 Å². The molecule has 25 heavy (non-hydrogen) atoms. The van der Waals surface area contributed by atoms with E-state index in [-0.39, 0.29) is 11.5 Å². The summed E-state index contributed by atoms with van der Waals surface area (Å²) in [4.78, 5) is 0.249. The van der Waals surface area contributed by atoms with E-state index < -0.39 is 26.4 Å². The number of halogens is 1. The van der Waals surface area contributed by atoms with Crippen LogP contribution < -0.4 is 0 Å². The first-order valence-corrected chi connectivity index (χ1v) is 10.2. The Hall–Kier alpha value is -1.68. The number of rotatable bonds is 5. The molecule has 0 unspecified atom stereocenters. The smallest absolute Gasteiger partial charge is 0.183 e. The topological polar surface area (TPSA) is 67.2 Å². The summed E-state index contributed by atoms with van der Waals surface area (Å²) in [5.41, 5.74) is 0.761. The van der Waals surface area contributed by atoms with Crippen LogP contribution in [0.5, 0.6) is 0 Å². The fourth-order valence-electron chi connectivity index (χ4n) is 3.45. The lowest BCUT2D eigenvalue weighted by molar-refractivity contribution is 0.162. The van der Waals surface area contributed by atoms with Crippen molar-refractivity contribution in [3.8, 4) is 6.07 Å². The molecule has 0 aromatic heterocycles. The average molecular weight is 420 g/mol. The molecule has 0 spiro atoms. The summed E-state index contributed by atoms with van der Waals surface area (Å²) in [6, 6.07) is 16.4. The standard InChI is InChI=1S/C19H18BrNO3S/c1-13-3-9-16(10-4-13)25(22,23)18-17(19(18,11-21)12-24-2)14-5-7-15(20)8-6-14/h3-10,17-18H,12H2,1-2H3/t17-,18+,19-/m1/s1. The highest BCUT2D eigenvalue weighted by Crippen LogP contribution is 2.63. The van der Waals surface area contributed by atoms with Crippen LogP contribution in [0.3, 0.4) is 0 Å². The molecule has 1 aliphatic carbocycles. The summed E-state index contributed by atoms with van der Waals surface area (Å²) in [6.07, 6.45) is 0. The van der Waals surface area contributed by atoms with Gasteiger partial charge in [-0.2, -0.15) is 5.26 Å². The predicted molar refractivity (Wildman–Crippen MR) is 99.0 cm³/mol. The van der Waals surface area contributed by atoms with Crippen LogP contribution in [-0.4, -0.2) is 27.4 Å². The highest BCUT2D eigenvalue weighted by atomic mass is 79.9. The summed E-state index contributed by atoms with van der Waals surface area (Å²) < 4.78 is 32.5. The van der Waals surface area contributed by atoms with Crippen molar-refractivity contribution in [3.05, 3.63) is 64.1 Å². The van der Waals surface area contributed by atoms with Crippen LogP contribution in [0.2, 0.25) is 0 Å². The van der Waals surface area contributed by atoms with Crippen LogP contribution in [-0.2, 0) is 14.6 Å². The molecule has 0 amide bonds. The van der Waals surface area contributed by atoms with E-state index >= 15 is 0 Å². The number of benzene rings is 2. The number of nitriles is 1. The van der Waals surface area contributed by atoms with Crippen molar-refractivity contribution in [2.45, 2.75) is 23.0 Å². The normalized spacial score (nSPS) is 25.4. The summed E-state index contributed by atoms with van der Waals surface area (Å²) in [5, 5.41) is 8.98. The fraction of sp³-hybridized carbons (Fsp3) is 0.316.